The molecule has 0 bridgehead atoms. The molecule has 7 nitrogen and oxygen atoms in total. The second-order valence-corrected chi connectivity index (χ2v) is 9.65. The van der Waals surface area contributed by atoms with E-state index in [0.29, 0.717) is 31.4 Å². The topological polar surface area (TPSA) is 86.3 Å². The smallest absolute Gasteiger partial charge is 1.00 e. The SMILES string of the molecule is Cc1c(OCCC2OCC(C)(C)CO2)ccnc1CS(=O)c1nc2ccccc2[nH]1.[H-].[Na+]. The summed E-state index contributed by atoms with van der Waals surface area (Å²) < 4.78 is 30.3. The average Bonchev–Trinajstić information content (AvgIpc) is 3.16. The fourth-order valence-corrected chi connectivity index (χ4v) is 4.35. The minimum absolute atomic E-state index is 0. The number of nitrogens with one attached hydrogen (secondary N) is 1. The number of aromatic nitrogens is 3. The van der Waals surface area contributed by atoms with Crippen LogP contribution in [0.3, 0.4) is 0 Å². The summed E-state index contributed by atoms with van der Waals surface area (Å²) in [6.07, 6.45) is 2.10. The van der Waals surface area contributed by atoms with E-state index in [2.05, 4.69) is 28.8 Å². The van der Waals surface area contributed by atoms with Crippen molar-refractivity contribution in [1.82, 2.24) is 15.0 Å². The van der Waals surface area contributed by atoms with Crippen molar-refractivity contribution in [3.05, 3.63) is 47.8 Å². The maximum absolute atomic E-state index is 12.8. The minimum Gasteiger partial charge on any atom is -1.00 e. The molecule has 3 aromatic rings. The monoisotopic (exact) mass is 453 g/mol. The van der Waals surface area contributed by atoms with Crippen molar-refractivity contribution in [2.24, 2.45) is 5.41 Å². The van der Waals surface area contributed by atoms with Crippen LogP contribution in [0.25, 0.3) is 11.0 Å². The molecule has 1 aromatic carbocycles. The van der Waals surface area contributed by atoms with Crippen LogP contribution in [0.5, 0.6) is 5.75 Å². The zero-order chi connectivity index (χ0) is 21.1. The zero-order valence-corrected chi connectivity index (χ0v) is 21.3. The molecule has 3 heterocycles. The number of para-hydroxylation sites is 2. The largest absolute Gasteiger partial charge is 1.00 e. The zero-order valence-electron chi connectivity index (χ0n) is 19.5. The van der Waals surface area contributed by atoms with E-state index < -0.39 is 10.8 Å². The van der Waals surface area contributed by atoms with Gasteiger partial charge >= 0.3 is 29.6 Å². The summed E-state index contributed by atoms with van der Waals surface area (Å²) in [4.78, 5) is 12.0. The molecule has 0 amide bonds. The van der Waals surface area contributed by atoms with Gasteiger partial charge in [0, 0.05) is 23.6 Å². The summed E-state index contributed by atoms with van der Waals surface area (Å²) in [6.45, 7) is 8.02. The van der Waals surface area contributed by atoms with Gasteiger partial charge in [-0.05, 0) is 25.1 Å². The fraction of sp³-hybridized carbons (Fsp3) is 0.455. The molecule has 31 heavy (non-hydrogen) atoms. The normalized spacial score (nSPS) is 17.3. The van der Waals surface area contributed by atoms with Crippen molar-refractivity contribution >= 4 is 21.8 Å². The Kier molecular flexibility index (Phi) is 8.29. The molecule has 0 spiro atoms. The molecule has 4 rings (SSSR count). The number of imidazole rings is 1. The Labute approximate surface area is 208 Å². The molecule has 1 atom stereocenters. The van der Waals surface area contributed by atoms with Crippen molar-refractivity contribution in [1.29, 1.82) is 0 Å². The van der Waals surface area contributed by atoms with Gasteiger partial charge in [-0.25, -0.2) is 4.98 Å². The number of benzene rings is 1. The summed E-state index contributed by atoms with van der Waals surface area (Å²) in [5.41, 5.74) is 3.35. The number of nitrogens with zero attached hydrogens (tertiary/aromatic N) is 2. The number of fused-ring (bicyclic) bond motifs is 1. The molecule has 0 radical (unpaired) electrons. The van der Waals surface area contributed by atoms with Crippen molar-refractivity contribution in [3.63, 3.8) is 0 Å². The van der Waals surface area contributed by atoms with Crippen molar-refractivity contribution in [2.75, 3.05) is 19.8 Å². The molecule has 1 saturated heterocycles. The quantitative estimate of drug-likeness (QED) is 0.534. The van der Waals surface area contributed by atoms with E-state index in [4.69, 9.17) is 14.2 Å². The van der Waals surface area contributed by atoms with E-state index in [0.717, 1.165) is 28.0 Å². The van der Waals surface area contributed by atoms with Crippen molar-refractivity contribution in [3.8, 4) is 5.75 Å². The van der Waals surface area contributed by atoms with Crippen LogP contribution in [0.4, 0.5) is 0 Å². The maximum atomic E-state index is 12.8. The number of rotatable bonds is 7. The van der Waals surface area contributed by atoms with E-state index in [9.17, 15) is 4.21 Å². The van der Waals surface area contributed by atoms with Crippen LogP contribution in [-0.2, 0) is 26.0 Å². The number of hydrogen-bond donors (Lipinski definition) is 1. The third kappa shape index (κ3) is 6.15. The van der Waals surface area contributed by atoms with Gasteiger partial charge in [-0.2, -0.15) is 0 Å². The molecular weight excluding hydrogens is 425 g/mol. The molecule has 0 aliphatic carbocycles. The van der Waals surface area contributed by atoms with Gasteiger partial charge in [-0.15, -0.1) is 0 Å². The minimum atomic E-state index is -1.33. The second-order valence-electron chi connectivity index (χ2n) is 8.28. The molecule has 1 aliphatic heterocycles. The first-order chi connectivity index (χ1) is 14.4. The van der Waals surface area contributed by atoms with E-state index >= 15 is 0 Å². The molecular formula is C22H28N3NaO4S. The standard InChI is InChI=1S/C22H27N3O4S.Na.H/c1-15-18(12-30(26)21-24-16-6-4-5-7-17(16)25-21)23-10-8-19(15)27-11-9-20-28-13-22(2,3)14-29-20;;/h4-8,10,20H,9,11-14H2,1-3H3,(H,24,25);;/q;+1;-1. The van der Waals surface area contributed by atoms with Crippen LogP contribution in [0, 0.1) is 12.3 Å². The summed E-state index contributed by atoms with van der Waals surface area (Å²) >= 11 is 0. The third-order valence-electron chi connectivity index (χ3n) is 5.04. The van der Waals surface area contributed by atoms with Crippen LogP contribution in [0.15, 0.2) is 41.7 Å². The predicted octanol–water partition coefficient (Wildman–Crippen LogP) is 0.859. The summed E-state index contributed by atoms with van der Waals surface area (Å²) in [7, 11) is -1.33. The first kappa shape index (κ1) is 24.4. The van der Waals surface area contributed by atoms with Gasteiger partial charge in [0.25, 0.3) is 0 Å². The van der Waals surface area contributed by atoms with E-state index in [-0.39, 0.29) is 48.4 Å². The van der Waals surface area contributed by atoms with Gasteiger partial charge in [0.2, 0.25) is 0 Å². The van der Waals surface area contributed by atoms with Gasteiger partial charge in [0.15, 0.2) is 11.4 Å². The molecule has 2 aromatic heterocycles. The fourth-order valence-electron chi connectivity index (χ4n) is 3.25. The van der Waals surface area contributed by atoms with Gasteiger partial charge < -0.3 is 20.6 Å². The van der Waals surface area contributed by atoms with E-state index in [1.807, 2.05) is 37.3 Å². The predicted molar refractivity (Wildman–Crippen MR) is 116 cm³/mol. The number of ether oxygens (including phenoxy) is 3. The number of hydrogen-bond acceptors (Lipinski definition) is 6. The Balaban J connectivity index is 0.00000181. The maximum Gasteiger partial charge on any atom is 1.00 e. The summed E-state index contributed by atoms with van der Waals surface area (Å²) in [5, 5.41) is 0.457. The van der Waals surface area contributed by atoms with Crippen LogP contribution < -0.4 is 34.3 Å². The van der Waals surface area contributed by atoms with Crippen LogP contribution in [-0.4, -0.2) is 45.3 Å². The van der Waals surface area contributed by atoms with Gasteiger partial charge in [-0.1, -0.05) is 26.0 Å². The number of pyridine rings is 1. The summed E-state index contributed by atoms with van der Waals surface area (Å²) in [6, 6.07) is 9.47. The third-order valence-corrected chi connectivity index (χ3v) is 6.20. The van der Waals surface area contributed by atoms with Gasteiger partial charge in [-0.3, -0.25) is 9.19 Å². The number of H-pyrrole nitrogens is 1. The first-order valence-electron chi connectivity index (χ1n) is 10.0. The second kappa shape index (κ2) is 10.6. The van der Waals surface area contributed by atoms with Gasteiger partial charge in [0.05, 0.1) is 53.1 Å². The molecule has 1 N–H and O–H groups in total. The molecule has 1 aliphatic rings. The molecule has 162 valence electrons. The molecule has 9 heteroatoms. The van der Waals surface area contributed by atoms with Crippen LogP contribution in [0.2, 0.25) is 0 Å². The Morgan fingerprint density at radius 2 is 2.00 bits per heavy atom. The molecule has 1 unspecified atom stereocenters. The summed E-state index contributed by atoms with van der Waals surface area (Å²) in [5.74, 6) is 1.00. The molecule has 0 saturated carbocycles. The number of aromatic amines is 1. The first-order valence-corrected chi connectivity index (χ1v) is 11.4. The Bertz CT molecular complexity index is 1020. The van der Waals surface area contributed by atoms with E-state index in [1.54, 1.807) is 6.20 Å². The van der Waals surface area contributed by atoms with E-state index in [1.165, 1.54) is 0 Å². The molecule has 1 fully saturated rings. The van der Waals surface area contributed by atoms with Crippen molar-refractivity contribution in [2.45, 2.75) is 44.4 Å². The average molecular weight is 454 g/mol. The van der Waals surface area contributed by atoms with Crippen LogP contribution >= 0.6 is 0 Å². The Hall–Kier alpha value is -1.29. The van der Waals surface area contributed by atoms with Crippen LogP contribution in [0.1, 0.15) is 33.0 Å². The van der Waals surface area contributed by atoms with Crippen molar-refractivity contribution < 1.29 is 49.4 Å². The Morgan fingerprint density at radius 3 is 2.74 bits per heavy atom. The van der Waals surface area contributed by atoms with Gasteiger partial charge in [0.1, 0.15) is 5.75 Å². The Morgan fingerprint density at radius 1 is 1.26 bits per heavy atom.